The van der Waals surface area contributed by atoms with E-state index in [0.29, 0.717) is 31.1 Å². The first kappa shape index (κ1) is 22.8. The summed E-state index contributed by atoms with van der Waals surface area (Å²) in [6.07, 6.45) is 2.54. The summed E-state index contributed by atoms with van der Waals surface area (Å²) in [4.78, 5) is 19.1. The minimum absolute atomic E-state index is 0.148. The number of aromatic nitrogens is 1. The van der Waals surface area contributed by atoms with Gasteiger partial charge in [-0.15, -0.1) is 11.3 Å². The van der Waals surface area contributed by atoms with Crippen molar-refractivity contribution >= 4 is 43.6 Å². The SMILES string of the molecule is COc1ccccc1NS(=O)(=O)c1cc([N+](=O)[O-])ccc1N1CCCN(c2nccs2)CC1. The highest BCUT2D eigenvalue weighted by atomic mass is 32.2. The maximum absolute atomic E-state index is 13.4. The highest BCUT2D eigenvalue weighted by Gasteiger charge is 2.27. The number of rotatable bonds is 7. The standard InChI is InChI=1S/C21H23N5O5S2/c1-31-19-6-3-2-5-17(19)23-33(29,30)20-15-16(26(27)28)7-8-18(20)24-10-4-11-25(13-12-24)21-22-9-14-32-21/h2-3,5-9,14-15,23H,4,10-13H2,1H3. The van der Waals surface area contributed by atoms with Crippen LogP contribution in [-0.4, -0.2) is 51.6 Å². The fourth-order valence-corrected chi connectivity index (χ4v) is 5.76. The molecule has 10 nitrogen and oxygen atoms in total. The first-order valence-corrected chi connectivity index (χ1v) is 12.6. The van der Waals surface area contributed by atoms with E-state index in [1.807, 2.05) is 10.3 Å². The summed E-state index contributed by atoms with van der Waals surface area (Å²) in [5.41, 5.74) is 0.380. The Morgan fingerprint density at radius 2 is 1.88 bits per heavy atom. The van der Waals surface area contributed by atoms with E-state index < -0.39 is 14.9 Å². The van der Waals surface area contributed by atoms with E-state index in [4.69, 9.17) is 4.74 Å². The number of non-ortho nitro benzene ring substituents is 1. The van der Waals surface area contributed by atoms with E-state index in [1.54, 1.807) is 41.8 Å². The third-order valence-electron chi connectivity index (χ3n) is 5.32. The molecule has 33 heavy (non-hydrogen) atoms. The molecular weight excluding hydrogens is 466 g/mol. The van der Waals surface area contributed by atoms with Gasteiger partial charge in [0.25, 0.3) is 15.7 Å². The van der Waals surface area contributed by atoms with Crippen LogP contribution in [0.2, 0.25) is 0 Å². The van der Waals surface area contributed by atoms with Crippen LogP contribution in [0.25, 0.3) is 0 Å². The molecule has 0 atom stereocenters. The van der Waals surface area contributed by atoms with Crippen molar-refractivity contribution in [3.8, 4) is 5.75 Å². The van der Waals surface area contributed by atoms with E-state index in [9.17, 15) is 18.5 Å². The number of nitro groups is 1. The van der Waals surface area contributed by atoms with Gasteiger partial charge in [-0.3, -0.25) is 14.8 Å². The van der Waals surface area contributed by atoms with Crippen LogP contribution >= 0.6 is 11.3 Å². The van der Waals surface area contributed by atoms with Crippen molar-refractivity contribution in [1.82, 2.24) is 4.98 Å². The molecule has 0 aliphatic carbocycles. The number of hydrogen-bond acceptors (Lipinski definition) is 9. The molecule has 1 fully saturated rings. The highest BCUT2D eigenvalue weighted by molar-refractivity contribution is 7.93. The molecule has 1 aliphatic rings. The lowest BCUT2D eigenvalue weighted by atomic mass is 10.2. The number of methoxy groups -OCH3 is 1. The predicted molar refractivity (Wildman–Crippen MR) is 128 cm³/mol. The van der Waals surface area contributed by atoms with Gasteiger partial charge in [0.05, 0.1) is 23.4 Å². The van der Waals surface area contributed by atoms with Crippen LogP contribution < -0.4 is 19.3 Å². The zero-order chi connectivity index (χ0) is 23.4. The maximum Gasteiger partial charge on any atom is 0.270 e. The summed E-state index contributed by atoms with van der Waals surface area (Å²) in [5, 5.41) is 14.2. The second-order valence-electron chi connectivity index (χ2n) is 7.36. The van der Waals surface area contributed by atoms with Gasteiger partial charge in [0.15, 0.2) is 5.13 Å². The molecule has 2 heterocycles. The third-order valence-corrected chi connectivity index (χ3v) is 7.55. The lowest BCUT2D eigenvalue weighted by molar-refractivity contribution is -0.385. The first-order chi connectivity index (χ1) is 15.9. The quantitative estimate of drug-likeness (QED) is 0.395. The number of para-hydroxylation sites is 2. The van der Waals surface area contributed by atoms with Crippen LogP contribution in [0.1, 0.15) is 6.42 Å². The fourth-order valence-electron chi connectivity index (χ4n) is 3.74. The second kappa shape index (κ2) is 9.63. The topological polar surface area (TPSA) is 118 Å². The molecule has 3 aromatic rings. The number of nitrogens with one attached hydrogen (secondary N) is 1. The molecule has 0 unspecified atom stereocenters. The molecule has 1 N–H and O–H groups in total. The number of anilines is 3. The van der Waals surface area contributed by atoms with Gasteiger partial charge in [-0.2, -0.15) is 0 Å². The van der Waals surface area contributed by atoms with Crippen molar-refractivity contribution in [2.45, 2.75) is 11.3 Å². The first-order valence-electron chi connectivity index (χ1n) is 10.2. The molecular formula is C21H23N5O5S2. The lowest BCUT2D eigenvalue weighted by Crippen LogP contribution is -2.31. The number of sulfonamides is 1. The van der Waals surface area contributed by atoms with Crippen LogP contribution in [0, 0.1) is 10.1 Å². The summed E-state index contributed by atoms with van der Waals surface area (Å²) in [5.74, 6) is 0.349. The maximum atomic E-state index is 13.4. The molecule has 0 bridgehead atoms. The van der Waals surface area contributed by atoms with Crippen molar-refractivity contribution in [2.24, 2.45) is 0 Å². The normalized spacial score (nSPS) is 14.6. The number of ether oxygens (including phenoxy) is 1. The van der Waals surface area contributed by atoms with E-state index >= 15 is 0 Å². The molecule has 1 aromatic heterocycles. The van der Waals surface area contributed by atoms with Gasteiger partial charge >= 0.3 is 0 Å². The Kier molecular flexibility index (Phi) is 6.65. The fraction of sp³-hybridized carbons (Fsp3) is 0.286. The van der Waals surface area contributed by atoms with Crippen LogP contribution in [-0.2, 0) is 10.0 Å². The van der Waals surface area contributed by atoms with Crippen molar-refractivity contribution in [3.63, 3.8) is 0 Å². The van der Waals surface area contributed by atoms with E-state index in [2.05, 4.69) is 14.6 Å². The summed E-state index contributed by atoms with van der Waals surface area (Å²) < 4.78 is 34.6. The molecule has 0 amide bonds. The van der Waals surface area contributed by atoms with Crippen LogP contribution in [0.15, 0.2) is 58.9 Å². The minimum Gasteiger partial charge on any atom is -0.495 e. The lowest BCUT2D eigenvalue weighted by Gasteiger charge is -2.26. The van der Waals surface area contributed by atoms with Crippen LogP contribution in [0.3, 0.4) is 0 Å². The largest absolute Gasteiger partial charge is 0.495 e. The number of hydrogen-bond donors (Lipinski definition) is 1. The van der Waals surface area contributed by atoms with Crippen molar-refractivity contribution in [2.75, 3.05) is 47.8 Å². The monoisotopic (exact) mass is 489 g/mol. The average Bonchev–Trinajstić information content (AvgIpc) is 3.23. The summed E-state index contributed by atoms with van der Waals surface area (Å²) >= 11 is 1.56. The number of benzene rings is 2. The molecule has 4 rings (SSSR count). The average molecular weight is 490 g/mol. The zero-order valence-electron chi connectivity index (χ0n) is 17.9. The van der Waals surface area contributed by atoms with Crippen molar-refractivity contribution in [3.05, 3.63) is 64.2 Å². The Hall–Kier alpha value is -3.38. The number of nitro benzene ring substituents is 1. The van der Waals surface area contributed by atoms with Crippen molar-refractivity contribution in [1.29, 1.82) is 0 Å². The molecule has 0 spiro atoms. The second-order valence-corrected chi connectivity index (χ2v) is 9.88. The highest BCUT2D eigenvalue weighted by Crippen LogP contribution is 2.34. The molecule has 0 radical (unpaired) electrons. The molecule has 1 saturated heterocycles. The molecule has 2 aromatic carbocycles. The Bertz CT molecular complexity index is 1230. The Morgan fingerprint density at radius 3 is 2.61 bits per heavy atom. The molecule has 0 saturated carbocycles. The van der Waals surface area contributed by atoms with E-state index in [-0.39, 0.29) is 16.3 Å². The minimum atomic E-state index is -4.15. The molecule has 174 valence electrons. The summed E-state index contributed by atoms with van der Waals surface area (Å²) in [7, 11) is -2.71. The van der Waals surface area contributed by atoms with Gasteiger partial charge in [0.2, 0.25) is 0 Å². The van der Waals surface area contributed by atoms with Gasteiger partial charge in [-0.25, -0.2) is 13.4 Å². The van der Waals surface area contributed by atoms with Gasteiger partial charge in [-0.05, 0) is 24.6 Å². The van der Waals surface area contributed by atoms with Gasteiger partial charge in [0.1, 0.15) is 10.6 Å². The predicted octanol–water partition coefficient (Wildman–Crippen LogP) is 3.58. The van der Waals surface area contributed by atoms with E-state index in [0.717, 1.165) is 24.2 Å². The van der Waals surface area contributed by atoms with Gasteiger partial charge < -0.3 is 14.5 Å². The van der Waals surface area contributed by atoms with Gasteiger partial charge in [0, 0.05) is 49.9 Å². The zero-order valence-corrected chi connectivity index (χ0v) is 19.5. The summed E-state index contributed by atoms with van der Waals surface area (Å²) in [6, 6.07) is 10.6. The number of nitrogens with zero attached hydrogens (tertiary/aromatic N) is 4. The molecule has 12 heteroatoms. The van der Waals surface area contributed by atoms with Crippen molar-refractivity contribution < 1.29 is 18.1 Å². The molecule has 1 aliphatic heterocycles. The van der Waals surface area contributed by atoms with Crippen LogP contribution in [0.5, 0.6) is 5.75 Å². The Balaban J connectivity index is 1.68. The van der Waals surface area contributed by atoms with Gasteiger partial charge in [-0.1, -0.05) is 12.1 Å². The Morgan fingerprint density at radius 1 is 1.12 bits per heavy atom. The smallest absolute Gasteiger partial charge is 0.270 e. The Labute approximate surface area is 195 Å². The van der Waals surface area contributed by atoms with Crippen LogP contribution in [0.4, 0.5) is 22.2 Å². The summed E-state index contributed by atoms with van der Waals surface area (Å²) in [6.45, 7) is 2.61. The van der Waals surface area contributed by atoms with E-state index in [1.165, 1.54) is 19.2 Å². The number of thiazole rings is 1. The third kappa shape index (κ3) is 5.01.